The van der Waals surface area contributed by atoms with Gasteiger partial charge in [-0.05, 0) is 55.0 Å². The molecule has 0 spiro atoms. The Hall–Kier alpha value is -2.84. The first kappa shape index (κ1) is 21.0. The lowest BCUT2D eigenvalue weighted by atomic mass is 9.78. The summed E-state index contributed by atoms with van der Waals surface area (Å²) in [4.78, 5) is 28.9. The molecule has 4 atom stereocenters. The second kappa shape index (κ2) is 8.96. The summed E-state index contributed by atoms with van der Waals surface area (Å²) < 4.78 is 16.4. The highest BCUT2D eigenvalue weighted by molar-refractivity contribution is 5.94. The zero-order chi connectivity index (χ0) is 22.1. The number of furan rings is 1. The average molecular weight is 440 g/mol. The van der Waals surface area contributed by atoms with E-state index in [4.69, 9.17) is 13.9 Å². The van der Waals surface area contributed by atoms with Crippen LogP contribution in [0.3, 0.4) is 0 Å². The molecule has 1 aromatic carbocycles. The Morgan fingerprint density at radius 1 is 0.906 bits per heavy atom. The molecular formula is C24H28N2O6. The maximum atomic E-state index is 12.6. The van der Waals surface area contributed by atoms with Gasteiger partial charge in [-0.2, -0.15) is 0 Å². The normalized spacial score (nSPS) is 27.8. The van der Waals surface area contributed by atoms with Crippen LogP contribution in [0.4, 0.5) is 0 Å². The Bertz CT molecular complexity index is 938. The summed E-state index contributed by atoms with van der Waals surface area (Å²) in [5.74, 6) is 1.17. The van der Waals surface area contributed by atoms with Crippen LogP contribution in [0.15, 0.2) is 47.3 Å². The van der Waals surface area contributed by atoms with Crippen molar-refractivity contribution in [3.05, 3.63) is 54.0 Å². The van der Waals surface area contributed by atoms with Crippen molar-refractivity contribution in [1.82, 2.24) is 9.80 Å². The molecule has 0 bridgehead atoms. The van der Waals surface area contributed by atoms with Crippen molar-refractivity contribution in [2.75, 3.05) is 39.4 Å². The van der Waals surface area contributed by atoms with E-state index in [1.165, 1.54) is 12.5 Å². The summed E-state index contributed by atoms with van der Waals surface area (Å²) in [5, 5.41) is 10.7. The molecule has 3 aliphatic rings. The molecule has 5 rings (SSSR count). The number of rotatable bonds is 4. The van der Waals surface area contributed by atoms with Crippen LogP contribution in [0.1, 0.15) is 33.6 Å². The molecule has 0 radical (unpaired) electrons. The molecule has 2 aromatic rings. The molecule has 170 valence electrons. The number of likely N-dealkylation sites (tertiary alicyclic amines) is 1. The van der Waals surface area contributed by atoms with Gasteiger partial charge in [-0.25, -0.2) is 0 Å². The van der Waals surface area contributed by atoms with Gasteiger partial charge in [0.05, 0.1) is 31.1 Å². The SMILES string of the molecule is O=C(c1ccc(O[C@@H]2C[C@@H]3CN(C(=O)c4ccoc4)C[C@@H]3C[C@H]2O)cc1)N1CCOCC1. The zero-order valence-corrected chi connectivity index (χ0v) is 17.9. The zero-order valence-electron chi connectivity index (χ0n) is 17.9. The lowest BCUT2D eigenvalue weighted by Gasteiger charge is -2.35. The first-order valence-electron chi connectivity index (χ1n) is 11.2. The topological polar surface area (TPSA) is 92.5 Å². The molecule has 2 aliphatic heterocycles. The number of nitrogens with zero attached hydrogens (tertiary/aromatic N) is 2. The fraction of sp³-hybridized carbons (Fsp3) is 0.500. The standard InChI is InChI=1S/C24H28N2O6/c27-21-11-18-13-26(24(29)17-5-8-31-15-17)14-19(18)12-22(21)32-20-3-1-16(2-4-20)23(28)25-6-9-30-10-7-25/h1-5,8,15,18-19,21-22,27H,6-7,9-14H2/t18-,19+,21+,22+/m0/s1. The van der Waals surface area contributed by atoms with Gasteiger partial charge in [0.15, 0.2) is 0 Å². The van der Waals surface area contributed by atoms with Gasteiger partial charge in [-0.1, -0.05) is 0 Å². The van der Waals surface area contributed by atoms with E-state index in [2.05, 4.69) is 0 Å². The number of benzene rings is 1. The molecule has 2 amide bonds. The number of carbonyl (C=O) groups is 2. The maximum Gasteiger partial charge on any atom is 0.257 e. The lowest BCUT2D eigenvalue weighted by molar-refractivity contribution is -0.0231. The number of hydrogen-bond acceptors (Lipinski definition) is 6. The second-order valence-corrected chi connectivity index (χ2v) is 8.87. The van der Waals surface area contributed by atoms with E-state index in [1.54, 1.807) is 35.2 Å². The number of morpholine rings is 1. The molecular weight excluding hydrogens is 412 g/mol. The van der Waals surface area contributed by atoms with Crippen molar-refractivity contribution in [2.24, 2.45) is 11.8 Å². The molecule has 1 saturated carbocycles. The van der Waals surface area contributed by atoms with Crippen LogP contribution in [0.2, 0.25) is 0 Å². The molecule has 8 nitrogen and oxygen atoms in total. The lowest BCUT2D eigenvalue weighted by Crippen LogP contribution is -2.42. The summed E-state index contributed by atoms with van der Waals surface area (Å²) in [6.45, 7) is 3.66. The van der Waals surface area contributed by atoms with E-state index < -0.39 is 6.10 Å². The molecule has 8 heteroatoms. The summed E-state index contributed by atoms with van der Waals surface area (Å²) in [7, 11) is 0. The van der Waals surface area contributed by atoms with Crippen LogP contribution in [-0.4, -0.2) is 78.3 Å². The van der Waals surface area contributed by atoms with Gasteiger partial charge in [0, 0.05) is 31.7 Å². The number of amides is 2. The largest absolute Gasteiger partial charge is 0.488 e. The quantitative estimate of drug-likeness (QED) is 0.782. The minimum atomic E-state index is -0.588. The van der Waals surface area contributed by atoms with Crippen molar-refractivity contribution in [1.29, 1.82) is 0 Å². The minimum absolute atomic E-state index is 0.00581. The van der Waals surface area contributed by atoms with Crippen molar-refractivity contribution in [3.8, 4) is 5.75 Å². The fourth-order valence-corrected chi connectivity index (χ4v) is 5.05. The Morgan fingerprint density at radius 3 is 2.28 bits per heavy atom. The van der Waals surface area contributed by atoms with E-state index in [0.717, 1.165) is 0 Å². The number of hydrogen-bond donors (Lipinski definition) is 1. The van der Waals surface area contributed by atoms with E-state index in [-0.39, 0.29) is 23.8 Å². The van der Waals surface area contributed by atoms with Crippen LogP contribution in [0, 0.1) is 11.8 Å². The molecule has 3 heterocycles. The van der Waals surface area contributed by atoms with Crippen LogP contribution in [-0.2, 0) is 4.74 Å². The molecule has 2 saturated heterocycles. The van der Waals surface area contributed by atoms with Crippen LogP contribution in [0.25, 0.3) is 0 Å². The smallest absolute Gasteiger partial charge is 0.257 e. The van der Waals surface area contributed by atoms with Crippen molar-refractivity contribution in [2.45, 2.75) is 25.0 Å². The molecule has 1 N–H and O–H groups in total. The number of aliphatic hydroxyl groups excluding tert-OH is 1. The van der Waals surface area contributed by atoms with Crippen molar-refractivity contribution in [3.63, 3.8) is 0 Å². The molecule has 0 unspecified atom stereocenters. The third-order valence-corrected chi connectivity index (χ3v) is 6.83. The van der Waals surface area contributed by atoms with Gasteiger partial charge >= 0.3 is 0 Å². The molecule has 1 aliphatic carbocycles. The average Bonchev–Trinajstić information content (AvgIpc) is 3.50. The summed E-state index contributed by atoms with van der Waals surface area (Å²) in [5.41, 5.74) is 1.18. The van der Waals surface area contributed by atoms with Crippen molar-refractivity contribution < 1.29 is 28.6 Å². The Kier molecular flexibility index (Phi) is 5.89. The summed E-state index contributed by atoms with van der Waals surface area (Å²) in [6, 6.07) is 8.79. The van der Waals surface area contributed by atoms with Crippen LogP contribution < -0.4 is 4.74 Å². The van der Waals surface area contributed by atoms with E-state index in [9.17, 15) is 14.7 Å². The monoisotopic (exact) mass is 440 g/mol. The van der Waals surface area contributed by atoms with Gasteiger partial charge in [0.2, 0.25) is 0 Å². The van der Waals surface area contributed by atoms with Gasteiger partial charge in [0.25, 0.3) is 11.8 Å². The third kappa shape index (κ3) is 4.25. The number of fused-ring (bicyclic) bond motifs is 1. The second-order valence-electron chi connectivity index (χ2n) is 8.87. The van der Waals surface area contributed by atoms with Gasteiger partial charge < -0.3 is 28.8 Å². The highest BCUT2D eigenvalue weighted by Gasteiger charge is 2.44. The maximum absolute atomic E-state index is 12.6. The van der Waals surface area contributed by atoms with Crippen LogP contribution in [0.5, 0.6) is 5.75 Å². The molecule has 32 heavy (non-hydrogen) atoms. The van der Waals surface area contributed by atoms with Gasteiger partial charge in [0.1, 0.15) is 18.1 Å². The van der Waals surface area contributed by atoms with E-state index in [0.29, 0.717) is 75.0 Å². The Balaban J connectivity index is 1.19. The summed E-state index contributed by atoms with van der Waals surface area (Å²) >= 11 is 0. The van der Waals surface area contributed by atoms with Gasteiger partial charge in [-0.15, -0.1) is 0 Å². The van der Waals surface area contributed by atoms with Crippen LogP contribution >= 0.6 is 0 Å². The third-order valence-electron chi connectivity index (χ3n) is 6.83. The predicted molar refractivity (Wildman–Crippen MR) is 114 cm³/mol. The summed E-state index contributed by atoms with van der Waals surface area (Å²) in [6.07, 6.45) is 3.35. The molecule has 3 fully saturated rings. The van der Waals surface area contributed by atoms with E-state index in [1.807, 2.05) is 4.90 Å². The van der Waals surface area contributed by atoms with Gasteiger partial charge in [-0.3, -0.25) is 9.59 Å². The number of carbonyl (C=O) groups excluding carboxylic acids is 2. The minimum Gasteiger partial charge on any atom is -0.488 e. The number of aliphatic hydroxyl groups is 1. The first-order chi connectivity index (χ1) is 15.6. The van der Waals surface area contributed by atoms with Crippen molar-refractivity contribution >= 4 is 11.8 Å². The Labute approximate surface area is 186 Å². The van der Waals surface area contributed by atoms with E-state index >= 15 is 0 Å². The fourth-order valence-electron chi connectivity index (χ4n) is 5.05. The Morgan fingerprint density at radius 2 is 1.59 bits per heavy atom. The number of ether oxygens (including phenoxy) is 2. The first-order valence-corrected chi connectivity index (χ1v) is 11.2. The highest BCUT2D eigenvalue weighted by Crippen LogP contribution is 2.38. The predicted octanol–water partition coefficient (Wildman–Crippen LogP) is 2.04. The molecule has 1 aromatic heterocycles. The highest BCUT2D eigenvalue weighted by atomic mass is 16.5.